The number of rotatable bonds is 4. The summed E-state index contributed by atoms with van der Waals surface area (Å²) in [6.07, 6.45) is 1.55. The van der Waals surface area contributed by atoms with Crippen LogP contribution in [0.5, 0.6) is 0 Å². The van der Waals surface area contributed by atoms with Gasteiger partial charge in [-0.3, -0.25) is 0 Å². The van der Waals surface area contributed by atoms with Crippen LogP contribution in [0.25, 0.3) is 0 Å². The Morgan fingerprint density at radius 3 is 2.70 bits per heavy atom. The highest BCUT2D eigenvalue weighted by Crippen LogP contribution is 2.29. The summed E-state index contributed by atoms with van der Waals surface area (Å²) < 4.78 is 58.5. The van der Waals surface area contributed by atoms with Crippen LogP contribution in [0.3, 0.4) is 0 Å². The number of benzene rings is 1. The van der Waals surface area contributed by atoms with E-state index in [0.29, 0.717) is 38.1 Å². The first kappa shape index (κ1) is 16.8. The number of hydrogen-bond acceptors (Lipinski definition) is 3. The topological polar surface area (TPSA) is 46.6 Å². The molecule has 0 aromatic heterocycles. The zero-order chi connectivity index (χ0) is 16.6. The van der Waals surface area contributed by atoms with Crippen molar-refractivity contribution in [3.8, 4) is 0 Å². The highest BCUT2D eigenvalue weighted by atomic mass is 32.2. The smallest absolute Gasteiger partial charge is 0.219 e. The van der Waals surface area contributed by atoms with Gasteiger partial charge in [0.15, 0.2) is 11.6 Å². The van der Waals surface area contributed by atoms with Crippen molar-refractivity contribution in [3.63, 3.8) is 0 Å². The summed E-state index contributed by atoms with van der Waals surface area (Å²) in [7, 11) is -3.35. The van der Waals surface area contributed by atoms with Crippen LogP contribution in [0, 0.1) is 17.6 Å². The molecule has 23 heavy (non-hydrogen) atoms. The minimum atomic E-state index is -3.35. The molecule has 3 rings (SSSR count). The summed E-state index contributed by atoms with van der Waals surface area (Å²) >= 11 is 0. The van der Waals surface area contributed by atoms with E-state index in [2.05, 4.69) is 0 Å². The minimum absolute atomic E-state index is 0.132. The highest BCUT2D eigenvalue weighted by Gasteiger charge is 2.42. The summed E-state index contributed by atoms with van der Waals surface area (Å²) in [5.74, 6) is -1.59. The molecule has 1 aromatic carbocycles. The Labute approximate surface area is 135 Å². The van der Waals surface area contributed by atoms with Gasteiger partial charge in [0.25, 0.3) is 0 Å². The van der Waals surface area contributed by atoms with Gasteiger partial charge in [0.1, 0.15) is 5.25 Å². The molecule has 4 nitrogen and oxygen atoms in total. The number of hydrogen-bond donors (Lipinski definition) is 0. The molecule has 0 bridgehead atoms. The molecule has 0 unspecified atom stereocenters. The molecule has 0 aliphatic carbocycles. The van der Waals surface area contributed by atoms with Crippen LogP contribution in [-0.4, -0.2) is 43.8 Å². The van der Waals surface area contributed by atoms with Crippen LogP contribution in [-0.2, 0) is 21.2 Å². The molecule has 2 aliphatic rings. The van der Waals surface area contributed by atoms with Crippen LogP contribution >= 0.6 is 0 Å². The lowest BCUT2D eigenvalue weighted by Gasteiger charge is -2.23. The fourth-order valence-electron chi connectivity index (χ4n) is 3.49. The van der Waals surface area contributed by atoms with Crippen molar-refractivity contribution < 1.29 is 21.9 Å². The van der Waals surface area contributed by atoms with E-state index < -0.39 is 26.9 Å². The summed E-state index contributed by atoms with van der Waals surface area (Å²) in [6, 6.07) is 3.87. The Morgan fingerprint density at radius 2 is 2.04 bits per heavy atom. The molecule has 0 saturated carbocycles. The van der Waals surface area contributed by atoms with Crippen molar-refractivity contribution >= 4 is 10.0 Å². The van der Waals surface area contributed by atoms with Gasteiger partial charge in [-0.25, -0.2) is 21.5 Å². The Hall–Kier alpha value is -1.05. The molecule has 1 aromatic rings. The molecule has 2 heterocycles. The molecule has 0 radical (unpaired) electrons. The summed E-state index contributed by atoms with van der Waals surface area (Å²) in [4.78, 5) is 0. The summed E-state index contributed by atoms with van der Waals surface area (Å²) in [6.45, 7) is 3.20. The molecule has 0 amide bonds. The average molecular weight is 345 g/mol. The predicted molar refractivity (Wildman–Crippen MR) is 82.5 cm³/mol. The average Bonchev–Trinajstić information content (AvgIpc) is 3.12. The lowest BCUT2D eigenvalue weighted by Crippen LogP contribution is -2.40. The van der Waals surface area contributed by atoms with E-state index in [0.717, 1.165) is 12.5 Å². The Morgan fingerprint density at radius 1 is 1.26 bits per heavy atom. The number of sulfonamides is 1. The first-order chi connectivity index (χ1) is 10.9. The highest BCUT2D eigenvalue weighted by molar-refractivity contribution is 7.89. The third kappa shape index (κ3) is 3.41. The SMILES string of the molecule is C[C@@H]1OCC[C@H]1S(=O)(=O)N1CC[C@H](Cc2ccc(F)c(F)c2)C1. The molecule has 2 aliphatic heterocycles. The quantitative estimate of drug-likeness (QED) is 0.841. The standard InChI is InChI=1S/C16H21F2NO3S/c1-11-16(5-7-22-11)23(20,21)19-6-4-13(10-19)8-12-2-3-14(17)15(18)9-12/h2-3,9,11,13,16H,4-8,10H2,1H3/t11-,13+,16+/m0/s1. The number of ether oxygens (including phenoxy) is 1. The maximum Gasteiger partial charge on any atom is 0.219 e. The maximum absolute atomic E-state index is 13.3. The van der Waals surface area contributed by atoms with Crippen molar-refractivity contribution in [1.29, 1.82) is 0 Å². The zero-order valence-electron chi connectivity index (χ0n) is 13.0. The van der Waals surface area contributed by atoms with E-state index in [9.17, 15) is 17.2 Å². The number of halogens is 2. The second kappa shape index (κ2) is 6.45. The van der Waals surface area contributed by atoms with Crippen LogP contribution in [0.4, 0.5) is 8.78 Å². The van der Waals surface area contributed by atoms with Gasteiger partial charge in [0, 0.05) is 19.7 Å². The third-order valence-electron chi connectivity index (χ3n) is 4.81. The molecular formula is C16H21F2NO3S. The number of nitrogens with zero attached hydrogens (tertiary/aromatic N) is 1. The molecule has 0 N–H and O–H groups in total. The van der Waals surface area contributed by atoms with Crippen LogP contribution in [0.2, 0.25) is 0 Å². The van der Waals surface area contributed by atoms with Crippen LogP contribution < -0.4 is 0 Å². The molecular weight excluding hydrogens is 324 g/mol. The fourth-order valence-corrected chi connectivity index (χ4v) is 5.61. The maximum atomic E-state index is 13.3. The van der Waals surface area contributed by atoms with Gasteiger partial charge in [-0.1, -0.05) is 6.07 Å². The first-order valence-electron chi connectivity index (χ1n) is 7.92. The fraction of sp³-hybridized carbons (Fsp3) is 0.625. The monoisotopic (exact) mass is 345 g/mol. The van der Waals surface area contributed by atoms with Gasteiger partial charge < -0.3 is 4.74 Å². The van der Waals surface area contributed by atoms with E-state index in [1.54, 1.807) is 13.0 Å². The molecule has 7 heteroatoms. The molecule has 2 saturated heterocycles. The van der Waals surface area contributed by atoms with Crippen molar-refractivity contribution in [2.45, 2.75) is 37.5 Å². The molecule has 128 valence electrons. The minimum Gasteiger partial charge on any atom is -0.377 e. The lowest BCUT2D eigenvalue weighted by atomic mass is 9.99. The Balaban J connectivity index is 1.65. The second-order valence-electron chi connectivity index (χ2n) is 6.41. The van der Waals surface area contributed by atoms with Gasteiger partial charge in [0.05, 0.1) is 6.10 Å². The van der Waals surface area contributed by atoms with Crippen molar-refractivity contribution in [3.05, 3.63) is 35.4 Å². The van der Waals surface area contributed by atoms with Gasteiger partial charge in [-0.05, 0) is 49.8 Å². The van der Waals surface area contributed by atoms with E-state index in [4.69, 9.17) is 4.74 Å². The molecule has 3 atom stereocenters. The van der Waals surface area contributed by atoms with Gasteiger partial charge in [-0.2, -0.15) is 0 Å². The zero-order valence-corrected chi connectivity index (χ0v) is 13.9. The van der Waals surface area contributed by atoms with Gasteiger partial charge in [0.2, 0.25) is 10.0 Å². The largest absolute Gasteiger partial charge is 0.377 e. The summed E-state index contributed by atoms with van der Waals surface area (Å²) in [5, 5.41) is -0.468. The van der Waals surface area contributed by atoms with Crippen LogP contribution in [0.1, 0.15) is 25.3 Å². The van der Waals surface area contributed by atoms with E-state index in [1.807, 2.05) is 0 Å². The first-order valence-corrected chi connectivity index (χ1v) is 9.42. The van der Waals surface area contributed by atoms with Crippen LogP contribution in [0.15, 0.2) is 18.2 Å². The molecule has 2 fully saturated rings. The lowest BCUT2D eigenvalue weighted by molar-refractivity contribution is 0.125. The normalized spacial score (nSPS) is 29.3. The van der Waals surface area contributed by atoms with Crippen molar-refractivity contribution in [2.75, 3.05) is 19.7 Å². The predicted octanol–water partition coefficient (Wildman–Crippen LogP) is 2.34. The summed E-state index contributed by atoms with van der Waals surface area (Å²) in [5.41, 5.74) is 0.700. The second-order valence-corrected chi connectivity index (χ2v) is 8.57. The third-order valence-corrected chi connectivity index (χ3v) is 7.24. The Kier molecular flexibility index (Phi) is 4.71. The molecule has 0 spiro atoms. The van der Waals surface area contributed by atoms with E-state index >= 15 is 0 Å². The van der Waals surface area contributed by atoms with Crippen molar-refractivity contribution in [2.24, 2.45) is 5.92 Å². The Bertz CT molecular complexity index is 680. The van der Waals surface area contributed by atoms with E-state index in [1.165, 1.54) is 10.4 Å². The van der Waals surface area contributed by atoms with Gasteiger partial charge in [-0.15, -0.1) is 0 Å². The van der Waals surface area contributed by atoms with Gasteiger partial charge >= 0.3 is 0 Å². The van der Waals surface area contributed by atoms with Crippen molar-refractivity contribution in [1.82, 2.24) is 4.31 Å². The van der Waals surface area contributed by atoms with E-state index in [-0.39, 0.29) is 12.0 Å².